The lowest BCUT2D eigenvalue weighted by molar-refractivity contribution is 0.531. The zero-order chi connectivity index (χ0) is 37.8. The van der Waals surface area contributed by atoms with Crippen molar-refractivity contribution in [3.63, 3.8) is 0 Å². The Morgan fingerprint density at radius 2 is 1.71 bits per heavy atom. The number of fused-ring (bicyclic) bond motifs is 6. The van der Waals surface area contributed by atoms with Crippen LogP contribution >= 0.6 is 22.7 Å². The summed E-state index contributed by atoms with van der Waals surface area (Å²) in [5, 5.41) is 2.82. The summed E-state index contributed by atoms with van der Waals surface area (Å²) in [4.78, 5) is 5.39. The fraction of sp³-hybridized carbons (Fsp3) is 0.192. The maximum Gasteiger partial charge on any atom is 0.0598 e. The van der Waals surface area contributed by atoms with Crippen LogP contribution in [0.1, 0.15) is 60.4 Å². The smallest absolute Gasteiger partial charge is 0.0598 e. The monoisotopic (exact) mass is 751 g/mol. The van der Waals surface area contributed by atoms with Crippen molar-refractivity contribution < 1.29 is 0 Å². The molecule has 3 aliphatic carbocycles. The lowest BCUT2D eigenvalue weighted by Crippen LogP contribution is -2.45. The lowest BCUT2D eigenvalue weighted by atomic mass is 9.85. The normalized spacial score (nSPS) is 18.7. The van der Waals surface area contributed by atoms with Crippen LogP contribution in [0.5, 0.6) is 0 Å². The van der Waals surface area contributed by atoms with Gasteiger partial charge < -0.3 is 4.90 Å². The first kappa shape index (κ1) is 36.7. The van der Waals surface area contributed by atoms with Crippen molar-refractivity contribution in [1.82, 2.24) is 0 Å². The average Bonchev–Trinajstić information content (AvgIpc) is 3.69. The van der Waals surface area contributed by atoms with Crippen LogP contribution in [0.15, 0.2) is 176 Å². The highest BCUT2D eigenvalue weighted by molar-refractivity contribution is 7.21. The molecule has 3 heteroatoms. The number of anilines is 1. The van der Waals surface area contributed by atoms with Gasteiger partial charge in [-0.3, -0.25) is 0 Å². The molecule has 0 spiro atoms. The molecular formula is C52H49NS2. The Balaban J connectivity index is 1.13. The van der Waals surface area contributed by atoms with Crippen LogP contribution in [-0.4, -0.2) is 12.1 Å². The molecule has 1 nitrogen and oxygen atoms in total. The average molecular weight is 752 g/mol. The highest BCUT2D eigenvalue weighted by Crippen LogP contribution is 2.44. The molecule has 0 saturated heterocycles. The highest BCUT2D eigenvalue weighted by Gasteiger charge is 2.31. The molecule has 0 N–H and O–H groups in total. The third-order valence-corrected chi connectivity index (χ3v) is 13.8. The first-order chi connectivity index (χ1) is 27.0. The van der Waals surface area contributed by atoms with E-state index in [2.05, 4.69) is 165 Å². The zero-order valence-corrected chi connectivity index (χ0v) is 33.7. The number of nitrogens with zero attached hydrogens (tertiary/aromatic N) is 1. The van der Waals surface area contributed by atoms with Crippen molar-refractivity contribution in [2.75, 3.05) is 11.4 Å². The maximum atomic E-state index is 4.11. The van der Waals surface area contributed by atoms with Crippen LogP contribution in [-0.2, 0) is 12.8 Å². The van der Waals surface area contributed by atoms with E-state index in [1.54, 1.807) is 0 Å². The molecule has 0 radical (unpaired) electrons. The van der Waals surface area contributed by atoms with Crippen LogP contribution in [0.4, 0.5) is 5.69 Å². The first-order valence-electron chi connectivity index (χ1n) is 19.7. The second kappa shape index (κ2) is 16.3. The second-order valence-corrected chi connectivity index (χ2v) is 16.9. The number of hydrogen-bond acceptors (Lipinski definition) is 3. The summed E-state index contributed by atoms with van der Waals surface area (Å²) in [6, 6.07) is 25.0. The zero-order valence-electron chi connectivity index (χ0n) is 32.1. The summed E-state index contributed by atoms with van der Waals surface area (Å²) in [6.07, 6.45) is 37.7. The van der Waals surface area contributed by atoms with E-state index >= 15 is 0 Å². The van der Waals surface area contributed by atoms with Gasteiger partial charge in [-0.1, -0.05) is 141 Å². The van der Waals surface area contributed by atoms with E-state index in [0.717, 1.165) is 37.8 Å². The van der Waals surface area contributed by atoms with Crippen LogP contribution in [0.3, 0.4) is 0 Å². The fourth-order valence-electron chi connectivity index (χ4n) is 8.36. The van der Waals surface area contributed by atoms with Gasteiger partial charge in [0, 0.05) is 31.4 Å². The van der Waals surface area contributed by atoms with E-state index in [9.17, 15) is 0 Å². The largest absolute Gasteiger partial charge is 0.359 e. The Kier molecular flexibility index (Phi) is 10.9. The molecule has 0 amide bonds. The Hall–Kier alpha value is -5.22. The highest BCUT2D eigenvalue weighted by atomic mass is 32.1. The predicted molar refractivity (Wildman–Crippen MR) is 245 cm³/mol. The van der Waals surface area contributed by atoms with E-state index in [-0.39, 0.29) is 5.54 Å². The van der Waals surface area contributed by atoms with E-state index in [1.165, 1.54) is 87.4 Å². The summed E-state index contributed by atoms with van der Waals surface area (Å²) < 4.78 is 2.76. The minimum absolute atomic E-state index is 0.231. The number of allylic oxidation sites excluding steroid dienone is 14. The Bertz CT molecular complexity index is 2510. The summed E-state index contributed by atoms with van der Waals surface area (Å²) in [5.41, 5.74) is 11.5. The number of benzene rings is 3. The quantitative estimate of drug-likeness (QED) is 0.122. The molecule has 3 aromatic carbocycles. The van der Waals surface area contributed by atoms with E-state index in [4.69, 9.17) is 0 Å². The summed E-state index contributed by atoms with van der Waals surface area (Å²) >= 11 is 3.87. The standard InChI is InChI=1S/C52H49NS2/c1-5-8-18-37(7-3)38-32-34-52(4,35-33-38)53(36-16-19-39(17-6-2)42-22-14-24-47-45-21-12-13-27-49(45)55-50(42)47)41-30-28-40(29-31-41)43-23-15-25-46-44-20-10-9-11-26-48(44)54-51(43)46/h5-8,11-13,15-19,21-23,25-34H,2-3,9-10,14,20,24,35-36H2,1,4H3/b8-5-,19-16-,37-18+,39-17+. The van der Waals surface area contributed by atoms with Crippen LogP contribution in [0, 0.1) is 0 Å². The Morgan fingerprint density at radius 3 is 2.51 bits per heavy atom. The maximum absolute atomic E-state index is 4.11. The number of hydrogen-bond donors (Lipinski definition) is 0. The van der Waals surface area contributed by atoms with Crippen molar-refractivity contribution in [3.8, 4) is 11.1 Å². The van der Waals surface area contributed by atoms with Crippen molar-refractivity contribution in [2.24, 2.45) is 0 Å². The van der Waals surface area contributed by atoms with Crippen LogP contribution < -0.4 is 4.90 Å². The summed E-state index contributed by atoms with van der Waals surface area (Å²) in [5.74, 6) is 0. The Morgan fingerprint density at radius 1 is 0.855 bits per heavy atom. The molecule has 0 aliphatic heterocycles. The topological polar surface area (TPSA) is 3.24 Å². The van der Waals surface area contributed by atoms with E-state index in [0.29, 0.717) is 0 Å². The van der Waals surface area contributed by atoms with Gasteiger partial charge in [0.15, 0.2) is 0 Å². The molecule has 0 saturated carbocycles. The van der Waals surface area contributed by atoms with Gasteiger partial charge in [0.1, 0.15) is 0 Å². The third kappa shape index (κ3) is 7.32. The second-order valence-electron chi connectivity index (χ2n) is 14.8. The lowest BCUT2D eigenvalue weighted by Gasteiger charge is -2.42. The number of aryl methyl sites for hydroxylation is 2. The molecule has 2 heterocycles. The molecule has 0 bridgehead atoms. The van der Waals surface area contributed by atoms with Crippen LogP contribution in [0.2, 0.25) is 0 Å². The van der Waals surface area contributed by atoms with E-state index in [1.807, 2.05) is 41.7 Å². The van der Waals surface area contributed by atoms with Crippen molar-refractivity contribution in [1.29, 1.82) is 0 Å². The minimum Gasteiger partial charge on any atom is -0.359 e. The SMILES string of the molecule is C=C/C=C(\C=C/CN(c1ccc(-c2cccc3c4c(sc23)C=CCCC4)cc1)C1(C)C=CC(/C(C=C)=C/C=C\C)=CC1)C1=CCCc2c1sc1ccccc21. The van der Waals surface area contributed by atoms with Crippen molar-refractivity contribution in [2.45, 2.75) is 57.9 Å². The van der Waals surface area contributed by atoms with Gasteiger partial charge in [-0.25, -0.2) is 0 Å². The molecule has 3 aliphatic rings. The van der Waals surface area contributed by atoms with Crippen molar-refractivity contribution >= 4 is 60.2 Å². The molecule has 5 aromatic rings. The van der Waals surface area contributed by atoms with Gasteiger partial charge in [-0.05, 0) is 132 Å². The molecule has 274 valence electrons. The van der Waals surface area contributed by atoms with Gasteiger partial charge in [-0.15, -0.1) is 22.7 Å². The van der Waals surface area contributed by atoms with Crippen molar-refractivity contribution in [3.05, 3.63) is 196 Å². The van der Waals surface area contributed by atoms with Gasteiger partial charge in [0.05, 0.1) is 5.54 Å². The molecular weight excluding hydrogens is 703 g/mol. The third-order valence-electron chi connectivity index (χ3n) is 11.3. The van der Waals surface area contributed by atoms with Gasteiger partial charge in [-0.2, -0.15) is 0 Å². The molecule has 1 atom stereocenters. The van der Waals surface area contributed by atoms with Gasteiger partial charge >= 0.3 is 0 Å². The van der Waals surface area contributed by atoms with Crippen LogP contribution in [0.25, 0.3) is 42.9 Å². The predicted octanol–water partition coefficient (Wildman–Crippen LogP) is 15.0. The van der Waals surface area contributed by atoms with Gasteiger partial charge in [0.25, 0.3) is 0 Å². The Labute approximate surface area is 335 Å². The summed E-state index contributed by atoms with van der Waals surface area (Å²) in [6.45, 7) is 13.4. The molecule has 1 unspecified atom stereocenters. The van der Waals surface area contributed by atoms with Gasteiger partial charge in [0.2, 0.25) is 0 Å². The molecule has 0 fully saturated rings. The number of thiophene rings is 2. The number of rotatable bonds is 11. The fourth-order valence-corrected chi connectivity index (χ4v) is 11.0. The summed E-state index contributed by atoms with van der Waals surface area (Å²) in [7, 11) is 0. The minimum atomic E-state index is -0.231. The first-order valence-corrected chi connectivity index (χ1v) is 21.3. The molecule has 2 aromatic heterocycles. The molecule has 8 rings (SSSR count). The van der Waals surface area contributed by atoms with E-state index < -0.39 is 0 Å². The molecule has 55 heavy (non-hydrogen) atoms.